The van der Waals surface area contributed by atoms with Crippen LogP contribution in [0, 0.1) is 5.82 Å². The Morgan fingerprint density at radius 3 is 2.56 bits per heavy atom. The molecule has 0 radical (unpaired) electrons. The fraction of sp³-hybridized carbons (Fsp3) is 0.0952. The van der Waals surface area contributed by atoms with Crippen LogP contribution in [0.1, 0.15) is 0 Å². The number of hydrogen-bond donors (Lipinski definition) is 0. The second-order valence-electron chi connectivity index (χ2n) is 6.78. The summed E-state index contributed by atoms with van der Waals surface area (Å²) in [6, 6.07) is 10.2. The SMILES string of the molecule is COS(=O)(=O)C1=CC=CN(c2cc(-c3ccccc3F)n(S(=O)(=O)c3cccnc3)c2)C1. The Kier molecular flexibility index (Phi) is 5.71. The summed E-state index contributed by atoms with van der Waals surface area (Å²) in [5.41, 5.74) is 0.511. The van der Waals surface area contributed by atoms with Crippen LogP contribution >= 0.6 is 0 Å². The molecule has 3 aromatic rings. The van der Waals surface area contributed by atoms with Crippen molar-refractivity contribution in [2.75, 3.05) is 18.6 Å². The molecule has 3 heterocycles. The molecule has 0 unspecified atom stereocenters. The van der Waals surface area contributed by atoms with Gasteiger partial charge in [-0.15, -0.1) is 0 Å². The van der Waals surface area contributed by atoms with Crippen molar-refractivity contribution in [3.63, 3.8) is 0 Å². The van der Waals surface area contributed by atoms with Crippen LogP contribution < -0.4 is 4.90 Å². The molecule has 0 spiro atoms. The van der Waals surface area contributed by atoms with Crippen molar-refractivity contribution in [1.29, 1.82) is 0 Å². The van der Waals surface area contributed by atoms with Gasteiger partial charge in [0.05, 0.1) is 29.9 Å². The van der Waals surface area contributed by atoms with Crippen LogP contribution in [0.15, 0.2) is 89.2 Å². The molecule has 0 fully saturated rings. The van der Waals surface area contributed by atoms with Gasteiger partial charge in [-0.1, -0.05) is 12.1 Å². The average Bonchev–Trinajstić information content (AvgIpc) is 3.26. The number of anilines is 1. The van der Waals surface area contributed by atoms with Crippen molar-refractivity contribution in [2.45, 2.75) is 4.90 Å². The van der Waals surface area contributed by atoms with Gasteiger partial charge >= 0.3 is 0 Å². The minimum atomic E-state index is -4.12. The maximum atomic E-state index is 14.6. The quantitative estimate of drug-likeness (QED) is 0.505. The Hall–Kier alpha value is -3.28. The molecule has 0 amide bonds. The first-order chi connectivity index (χ1) is 15.2. The summed E-state index contributed by atoms with van der Waals surface area (Å²) < 4.78 is 71.0. The van der Waals surface area contributed by atoms with Crippen molar-refractivity contribution >= 4 is 25.8 Å². The number of pyridine rings is 1. The smallest absolute Gasteiger partial charge is 0.294 e. The molecule has 1 aliphatic rings. The van der Waals surface area contributed by atoms with Gasteiger partial charge in [0, 0.05) is 30.4 Å². The summed E-state index contributed by atoms with van der Waals surface area (Å²) in [7, 11) is -6.98. The maximum absolute atomic E-state index is 14.6. The zero-order valence-corrected chi connectivity index (χ0v) is 18.4. The lowest BCUT2D eigenvalue weighted by molar-refractivity contribution is 0.403. The standard InChI is InChI=1S/C21H18FN3O5S2/c1-30-32(28,29)18-7-5-11-24(15-18)16-12-21(19-8-2-3-9-20(19)22)25(14-16)31(26,27)17-6-4-10-23-13-17/h2-14H,15H2,1H3. The normalized spacial score (nSPS) is 14.4. The highest BCUT2D eigenvalue weighted by Crippen LogP contribution is 2.33. The van der Waals surface area contributed by atoms with Gasteiger partial charge in [-0.05, 0) is 42.5 Å². The molecule has 4 rings (SSSR count). The third-order valence-electron chi connectivity index (χ3n) is 4.86. The predicted molar refractivity (Wildman–Crippen MR) is 117 cm³/mol. The number of benzene rings is 1. The highest BCUT2D eigenvalue weighted by atomic mass is 32.2. The Labute approximate surface area is 185 Å². The van der Waals surface area contributed by atoms with Gasteiger partial charge in [-0.3, -0.25) is 9.17 Å². The van der Waals surface area contributed by atoms with Crippen LogP contribution in [-0.2, 0) is 24.3 Å². The van der Waals surface area contributed by atoms with Gasteiger partial charge in [0.1, 0.15) is 10.7 Å². The molecule has 1 aliphatic heterocycles. The zero-order valence-electron chi connectivity index (χ0n) is 16.8. The van der Waals surface area contributed by atoms with Gasteiger partial charge < -0.3 is 4.90 Å². The van der Waals surface area contributed by atoms with E-state index in [9.17, 15) is 21.2 Å². The van der Waals surface area contributed by atoms with Gasteiger partial charge in [-0.25, -0.2) is 16.8 Å². The first-order valence-corrected chi connectivity index (χ1v) is 12.2. The van der Waals surface area contributed by atoms with Crippen LogP contribution in [0.4, 0.5) is 10.1 Å². The molecule has 0 atom stereocenters. The first kappa shape index (κ1) is 21.9. The third-order valence-corrected chi connectivity index (χ3v) is 7.86. The van der Waals surface area contributed by atoms with Crippen LogP contribution in [-0.4, -0.2) is 39.4 Å². The minimum Gasteiger partial charge on any atom is -0.341 e. The molecule has 8 nitrogen and oxygen atoms in total. The van der Waals surface area contributed by atoms with Crippen LogP contribution in [0.5, 0.6) is 0 Å². The van der Waals surface area contributed by atoms with E-state index in [1.165, 1.54) is 72.0 Å². The molecule has 0 saturated heterocycles. The molecule has 0 aliphatic carbocycles. The molecule has 0 bridgehead atoms. The Morgan fingerprint density at radius 2 is 1.88 bits per heavy atom. The topological polar surface area (TPSA) is 98.6 Å². The number of allylic oxidation sites excluding steroid dienone is 2. The van der Waals surface area contributed by atoms with Crippen LogP contribution in [0.25, 0.3) is 11.3 Å². The average molecular weight is 476 g/mol. The van der Waals surface area contributed by atoms with E-state index in [2.05, 4.69) is 9.17 Å². The molecule has 0 N–H and O–H groups in total. The lowest BCUT2D eigenvalue weighted by Gasteiger charge is -2.22. The highest BCUT2D eigenvalue weighted by Gasteiger charge is 2.27. The van der Waals surface area contributed by atoms with E-state index in [1.54, 1.807) is 12.3 Å². The summed E-state index contributed by atoms with van der Waals surface area (Å²) in [6.07, 6.45) is 8.46. The molecule has 11 heteroatoms. The predicted octanol–water partition coefficient (Wildman–Crippen LogP) is 3.12. The summed E-state index contributed by atoms with van der Waals surface area (Å²) in [5, 5.41) is 0. The van der Waals surface area contributed by atoms with Crippen molar-refractivity contribution in [1.82, 2.24) is 8.96 Å². The number of aromatic nitrogens is 2. The van der Waals surface area contributed by atoms with Gasteiger partial charge in [0.15, 0.2) is 0 Å². The molecule has 166 valence electrons. The summed E-state index contributed by atoms with van der Waals surface area (Å²) >= 11 is 0. The second kappa shape index (κ2) is 8.34. The van der Waals surface area contributed by atoms with Crippen LogP contribution in [0.3, 0.4) is 0 Å². The molecular formula is C21H18FN3O5S2. The number of nitrogens with zero attached hydrogens (tertiary/aromatic N) is 3. The fourth-order valence-corrected chi connectivity index (χ4v) is 5.32. The monoisotopic (exact) mass is 475 g/mol. The van der Waals surface area contributed by atoms with Crippen molar-refractivity contribution in [3.8, 4) is 11.3 Å². The number of halogens is 1. The number of rotatable bonds is 6. The molecule has 2 aromatic heterocycles. The lowest BCUT2D eigenvalue weighted by Crippen LogP contribution is -2.25. The number of hydrogen-bond acceptors (Lipinski definition) is 7. The summed E-state index contributed by atoms with van der Waals surface area (Å²) in [5.74, 6) is -0.600. The van der Waals surface area contributed by atoms with Gasteiger partial charge in [0.2, 0.25) is 0 Å². The van der Waals surface area contributed by atoms with Gasteiger partial charge in [-0.2, -0.15) is 8.42 Å². The highest BCUT2D eigenvalue weighted by molar-refractivity contribution is 7.90. The zero-order chi connectivity index (χ0) is 22.9. The fourth-order valence-electron chi connectivity index (χ4n) is 3.24. The van der Waals surface area contributed by atoms with Crippen molar-refractivity contribution < 1.29 is 25.4 Å². The van der Waals surface area contributed by atoms with E-state index in [0.29, 0.717) is 5.69 Å². The molecule has 32 heavy (non-hydrogen) atoms. The molecule has 1 aromatic carbocycles. The second-order valence-corrected chi connectivity index (χ2v) is 10.4. The minimum absolute atomic E-state index is 0.00203. The van der Waals surface area contributed by atoms with E-state index in [4.69, 9.17) is 0 Å². The summed E-state index contributed by atoms with van der Waals surface area (Å²) in [4.78, 5) is 5.32. The van der Waals surface area contributed by atoms with Gasteiger partial charge in [0.25, 0.3) is 20.1 Å². The first-order valence-electron chi connectivity index (χ1n) is 9.31. The van der Waals surface area contributed by atoms with E-state index in [1.807, 2.05) is 0 Å². The van der Waals surface area contributed by atoms with E-state index >= 15 is 0 Å². The van der Waals surface area contributed by atoms with Crippen molar-refractivity contribution in [2.24, 2.45) is 0 Å². The largest absolute Gasteiger partial charge is 0.341 e. The van der Waals surface area contributed by atoms with E-state index in [0.717, 1.165) is 11.1 Å². The maximum Gasteiger partial charge on any atom is 0.294 e. The Morgan fingerprint density at radius 1 is 1.09 bits per heavy atom. The molecular weight excluding hydrogens is 457 g/mol. The Bertz CT molecular complexity index is 1430. The summed E-state index contributed by atoms with van der Waals surface area (Å²) in [6.45, 7) is -0.0830. The van der Waals surface area contributed by atoms with E-state index in [-0.39, 0.29) is 27.6 Å². The van der Waals surface area contributed by atoms with E-state index < -0.39 is 26.0 Å². The Balaban J connectivity index is 1.86. The van der Waals surface area contributed by atoms with Crippen molar-refractivity contribution in [3.05, 3.63) is 90.1 Å². The van der Waals surface area contributed by atoms with Crippen LogP contribution in [0.2, 0.25) is 0 Å². The molecule has 0 saturated carbocycles. The lowest BCUT2D eigenvalue weighted by atomic mass is 10.1. The third kappa shape index (κ3) is 3.97.